The van der Waals surface area contributed by atoms with Crippen LogP contribution in [0.15, 0.2) is 16.7 Å². The molecular formula is C19H25N3O2. The van der Waals surface area contributed by atoms with Crippen molar-refractivity contribution < 1.29 is 9.32 Å². The van der Waals surface area contributed by atoms with E-state index in [2.05, 4.69) is 25.1 Å². The highest BCUT2D eigenvalue weighted by Crippen LogP contribution is 2.37. The van der Waals surface area contributed by atoms with Crippen LogP contribution in [0.2, 0.25) is 0 Å². The van der Waals surface area contributed by atoms with Gasteiger partial charge in [0.15, 0.2) is 5.58 Å². The maximum atomic E-state index is 13.0. The molecule has 1 aromatic carbocycles. The molecule has 2 aliphatic rings. The quantitative estimate of drug-likeness (QED) is 0.789. The van der Waals surface area contributed by atoms with Gasteiger partial charge in [-0.15, -0.1) is 0 Å². The number of rotatable bonds is 1. The molecule has 2 saturated heterocycles. The average molecular weight is 327 g/mol. The summed E-state index contributed by atoms with van der Waals surface area (Å²) < 4.78 is 5.57. The predicted molar refractivity (Wildman–Crippen MR) is 93.0 cm³/mol. The van der Waals surface area contributed by atoms with Gasteiger partial charge in [-0.25, -0.2) is 4.79 Å². The Morgan fingerprint density at radius 2 is 1.83 bits per heavy atom. The largest absolute Gasteiger partial charge is 0.356 e. The summed E-state index contributed by atoms with van der Waals surface area (Å²) in [5, 5.41) is 5.41. The lowest BCUT2D eigenvalue weighted by Gasteiger charge is -2.33. The molecular weight excluding hydrogens is 302 g/mol. The van der Waals surface area contributed by atoms with Crippen LogP contribution in [0.3, 0.4) is 0 Å². The molecule has 4 rings (SSSR count). The fourth-order valence-electron chi connectivity index (χ4n) is 4.00. The topological polar surface area (TPSA) is 49.6 Å². The van der Waals surface area contributed by atoms with E-state index < -0.39 is 0 Å². The molecule has 0 N–H and O–H groups in total. The Kier molecular flexibility index (Phi) is 3.94. The van der Waals surface area contributed by atoms with E-state index in [1.165, 1.54) is 17.5 Å². The Labute approximate surface area is 142 Å². The van der Waals surface area contributed by atoms with Crippen LogP contribution in [0.4, 0.5) is 4.79 Å². The van der Waals surface area contributed by atoms with E-state index in [0.29, 0.717) is 0 Å². The molecule has 5 heteroatoms. The number of nitrogens with zero attached hydrogens (tertiary/aromatic N) is 3. The van der Waals surface area contributed by atoms with Gasteiger partial charge in [0, 0.05) is 25.0 Å². The maximum Gasteiger partial charge on any atom is 0.320 e. The van der Waals surface area contributed by atoms with E-state index in [0.717, 1.165) is 62.0 Å². The minimum absolute atomic E-state index is 0.0442. The van der Waals surface area contributed by atoms with Crippen molar-refractivity contribution >= 4 is 17.0 Å². The first-order valence-corrected chi connectivity index (χ1v) is 9.07. The summed E-state index contributed by atoms with van der Waals surface area (Å²) in [6.07, 6.45) is 5.47. The number of piperidine rings is 1. The van der Waals surface area contributed by atoms with Crippen LogP contribution >= 0.6 is 0 Å². The smallest absolute Gasteiger partial charge is 0.320 e. The molecule has 2 fully saturated rings. The summed E-state index contributed by atoms with van der Waals surface area (Å²) in [5.74, 6) is 0. The van der Waals surface area contributed by atoms with Gasteiger partial charge in [-0.2, -0.15) is 0 Å². The number of carbonyl (C=O) groups is 1. The van der Waals surface area contributed by atoms with E-state index in [-0.39, 0.29) is 12.1 Å². The van der Waals surface area contributed by atoms with Gasteiger partial charge in [-0.1, -0.05) is 5.16 Å². The van der Waals surface area contributed by atoms with Crippen LogP contribution in [0.5, 0.6) is 0 Å². The number of hydrogen-bond donors (Lipinski definition) is 0. The Bertz CT molecular complexity index is 761. The highest BCUT2D eigenvalue weighted by molar-refractivity contribution is 5.83. The molecule has 2 aliphatic heterocycles. The highest BCUT2D eigenvalue weighted by Gasteiger charge is 2.35. The van der Waals surface area contributed by atoms with E-state index in [1.807, 2.05) is 15.9 Å². The van der Waals surface area contributed by atoms with Crippen LogP contribution in [0, 0.1) is 13.8 Å². The molecule has 1 aromatic heterocycles. The number of fused-ring (bicyclic) bond motifs is 1. The van der Waals surface area contributed by atoms with Crippen LogP contribution in [0.1, 0.15) is 55.0 Å². The molecule has 3 heterocycles. The first kappa shape index (κ1) is 15.5. The second kappa shape index (κ2) is 6.11. The number of likely N-dealkylation sites (tertiary alicyclic amines) is 2. The zero-order valence-electron chi connectivity index (χ0n) is 14.5. The summed E-state index contributed by atoms with van der Waals surface area (Å²) in [6, 6.07) is 4.42. The highest BCUT2D eigenvalue weighted by atomic mass is 16.5. The molecule has 0 unspecified atom stereocenters. The zero-order valence-corrected chi connectivity index (χ0v) is 14.5. The van der Waals surface area contributed by atoms with E-state index in [1.54, 1.807) is 0 Å². The third kappa shape index (κ3) is 2.56. The minimum Gasteiger partial charge on any atom is -0.356 e. The molecule has 24 heavy (non-hydrogen) atoms. The number of carbonyl (C=O) groups excluding carboxylic acids is 1. The van der Waals surface area contributed by atoms with Gasteiger partial charge in [0.25, 0.3) is 0 Å². The third-order valence-electron chi connectivity index (χ3n) is 5.55. The van der Waals surface area contributed by atoms with Crippen molar-refractivity contribution in [2.75, 3.05) is 19.6 Å². The molecule has 5 nitrogen and oxygen atoms in total. The summed E-state index contributed by atoms with van der Waals surface area (Å²) >= 11 is 0. The second-order valence-electron chi connectivity index (χ2n) is 7.18. The van der Waals surface area contributed by atoms with Crippen LogP contribution in [-0.2, 0) is 0 Å². The van der Waals surface area contributed by atoms with Gasteiger partial charge in [-0.3, -0.25) is 0 Å². The number of amides is 2. The molecule has 0 saturated carbocycles. The third-order valence-corrected chi connectivity index (χ3v) is 5.55. The predicted octanol–water partition coefficient (Wildman–Crippen LogP) is 4.19. The first-order chi connectivity index (χ1) is 11.6. The lowest BCUT2D eigenvalue weighted by Crippen LogP contribution is -2.45. The second-order valence-corrected chi connectivity index (χ2v) is 7.18. The standard InChI is InChI=1S/C19H25N3O2/c1-13-11-15-17(12-14(13)2)24-20-18(15)16-7-6-10-22(16)19(23)21-8-4-3-5-9-21/h11-12,16H,3-10H2,1-2H3/t16-/m1/s1. The van der Waals surface area contributed by atoms with Crippen molar-refractivity contribution in [2.45, 2.75) is 52.0 Å². The van der Waals surface area contributed by atoms with E-state index in [4.69, 9.17) is 4.52 Å². The SMILES string of the molecule is Cc1cc2onc([C@H]3CCCN3C(=O)N3CCCCC3)c2cc1C. The summed E-state index contributed by atoms with van der Waals surface area (Å²) in [5.41, 5.74) is 4.19. The van der Waals surface area contributed by atoms with E-state index in [9.17, 15) is 4.79 Å². The van der Waals surface area contributed by atoms with Gasteiger partial charge >= 0.3 is 6.03 Å². The molecule has 0 spiro atoms. The summed E-state index contributed by atoms with van der Waals surface area (Å²) in [6.45, 7) is 6.79. The van der Waals surface area contributed by atoms with Gasteiger partial charge in [-0.05, 0) is 69.2 Å². The van der Waals surface area contributed by atoms with Crippen molar-refractivity contribution in [2.24, 2.45) is 0 Å². The van der Waals surface area contributed by atoms with Crippen LogP contribution < -0.4 is 0 Å². The van der Waals surface area contributed by atoms with Gasteiger partial charge < -0.3 is 14.3 Å². The Hall–Kier alpha value is -2.04. The summed E-state index contributed by atoms with van der Waals surface area (Å²) in [7, 11) is 0. The van der Waals surface area contributed by atoms with Gasteiger partial charge in [0.05, 0.1) is 6.04 Å². The number of hydrogen-bond acceptors (Lipinski definition) is 3. The van der Waals surface area contributed by atoms with Crippen molar-refractivity contribution in [1.29, 1.82) is 0 Å². The minimum atomic E-state index is 0.0442. The monoisotopic (exact) mass is 327 g/mol. The lowest BCUT2D eigenvalue weighted by molar-refractivity contribution is 0.138. The molecule has 0 bridgehead atoms. The number of benzene rings is 1. The van der Waals surface area contributed by atoms with E-state index >= 15 is 0 Å². The lowest BCUT2D eigenvalue weighted by atomic mass is 10.0. The van der Waals surface area contributed by atoms with Crippen molar-refractivity contribution in [1.82, 2.24) is 15.0 Å². The Morgan fingerprint density at radius 3 is 2.62 bits per heavy atom. The fourth-order valence-corrected chi connectivity index (χ4v) is 4.00. The normalized spacial score (nSPS) is 21.7. The van der Waals surface area contributed by atoms with Crippen LogP contribution in [0.25, 0.3) is 11.0 Å². The molecule has 0 aliphatic carbocycles. The maximum absolute atomic E-state index is 13.0. The Morgan fingerprint density at radius 1 is 1.08 bits per heavy atom. The number of aryl methyl sites for hydroxylation is 2. The molecule has 0 radical (unpaired) electrons. The zero-order chi connectivity index (χ0) is 16.7. The van der Waals surface area contributed by atoms with Gasteiger partial charge in [0.2, 0.25) is 0 Å². The van der Waals surface area contributed by atoms with Crippen LogP contribution in [-0.4, -0.2) is 40.6 Å². The van der Waals surface area contributed by atoms with Crippen molar-refractivity contribution in [3.63, 3.8) is 0 Å². The molecule has 1 atom stereocenters. The Balaban J connectivity index is 1.65. The average Bonchev–Trinajstić information content (AvgIpc) is 3.22. The molecule has 128 valence electrons. The number of aromatic nitrogens is 1. The van der Waals surface area contributed by atoms with Crippen molar-refractivity contribution in [3.05, 3.63) is 29.0 Å². The first-order valence-electron chi connectivity index (χ1n) is 9.07. The fraction of sp³-hybridized carbons (Fsp3) is 0.579. The molecule has 2 amide bonds. The van der Waals surface area contributed by atoms with Gasteiger partial charge in [0.1, 0.15) is 5.69 Å². The number of urea groups is 1. The summed E-state index contributed by atoms with van der Waals surface area (Å²) in [4.78, 5) is 17.0. The molecule has 2 aromatic rings. The van der Waals surface area contributed by atoms with Crippen molar-refractivity contribution in [3.8, 4) is 0 Å².